The van der Waals surface area contributed by atoms with Crippen molar-refractivity contribution in [2.75, 3.05) is 0 Å². The maximum Gasteiger partial charge on any atom is 0.394 e. The van der Waals surface area contributed by atoms with Gasteiger partial charge in [-0.1, -0.05) is 150 Å². The lowest BCUT2D eigenvalue weighted by atomic mass is 10.1. The van der Waals surface area contributed by atoms with Crippen LogP contribution in [0.2, 0.25) is 15.1 Å². The normalized spacial score (nSPS) is 9.99. The van der Waals surface area contributed by atoms with Crippen molar-refractivity contribution in [1.82, 2.24) is 4.98 Å². The fourth-order valence-corrected chi connectivity index (χ4v) is 5.45. The van der Waals surface area contributed by atoms with E-state index in [9.17, 15) is 22.0 Å². The first-order valence-corrected chi connectivity index (χ1v) is 22.9. The molecular formula is C58H69Cl3F5NO. The average Bonchev–Trinajstić information content (AvgIpc) is 3.25. The summed E-state index contributed by atoms with van der Waals surface area (Å²) in [5.41, 5.74) is 13.9. The summed E-state index contributed by atoms with van der Waals surface area (Å²) >= 11 is 17.2. The van der Waals surface area contributed by atoms with E-state index >= 15 is 0 Å². The van der Waals surface area contributed by atoms with Gasteiger partial charge < -0.3 is 4.74 Å². The monoisotopic (exact) mass is 995 g/mol. The molecule has 0 aliphatic heterocycles. The molecule has 0 radical (unpaired) electrons. The number of halogens is 8. The van der Waals surface area contributed by atoms with Gasteiger partial charge in [-0.3, -0.25) is 4.98 Å². The summed E-state index contributed by atoms with van der Waals surface area (Å²) in [5.74, 6) is -2.39. The lowest BCUT2D eigenvalue weighted by Gasteiger charge is -2.14. The molecule has 68 heavy (non-hydrogen) atoms. The number of hydrogen-bond acceptors (Lipinski definition) is 2. The lowest BCUT2D eigenvalue weighted by molar-refractivity contribution is -0.159. The Kier molecular flexibility index (Phi) is 30.0. The molecule has 1 aromatic heterocycles. The summed E-state index contributed by atoms with van der Waals surface area (Å²) in [6, 6.07) is 42.2. The van der Waals surface area contributed by atoms with Crippen LogP contribution < -0.4 is 4.74 Å². The van der Waals surface area contributed by atoms with E-state index in [2.05, 4.69) is 106 Å². The van der Waals surface area contributed by atoms with Crippen molar-refractivity contribution in [3.05, 3.63) is 234 Å². The number of pyridine rings is 1. The summed E-state index contributed by atoms with van der Waals surface area (Å²) in [5, 5.41) is 2.19. The van der Waals surface area contributed by atoms with Crippen LogP contribution in [-0.4, -0.2) is 17.0 Å². The molecule has 0 N–H and O–H groups in total. The molecule has 0 fully saturated rings. The second-order valence-electron chi connectivity index (χ2n) is 16.4. The Morgan fingerprint density at radius 1 is 0.382 bits per heavy atom. The maximum absolute atomic E-state index is 12.6. The van der Waals surface area contributed by atoms with E-state index in [4.69, 9.17) is 34.8 Å². The third kappa shape index (κ3) is 29.5. The summed E-state index contributed by atoms with van der Waals surface area (Å²) in [7, 11) is 0. The fourth-order valence-electron chi connectivity index (χ4n) is 4.85. The molecule has 0 aliphatic rings. The van der Waals surface area contributed by atoms with Gasteiger partial charge in [0, 0.05) is 29.4 Å². The molecule has 0 unspecified atom stereocenters. The predicted molar refractivity (Wildman–Crippen MR) is 282 cm³/mol. The van der Waals surface area contributed by atoms with Gasteiger partial charge in [-0.25, -0.2) is 13.2 Å². The molecule has 7 rings (SSSR count). The van der Waals surface area contributed by atoms with Crippen LogP contribution in [0.5, 0.6) is 5.75 Å². The number of nitrogens with zero attached hydrogens (tertiary/aromatic N) is 1. The van der Waals surface area contributed by atoms with Crippen molar-refractivity contribution in [3.8, 4) is 5.75 Å². The van der Waals surface area contributed by atoms with Crippen LogP contribution in [0, 0.1) is 88.9 Å². The highest BCUT2D eigenvalue weighted by molar-refractivity contribution is 6.35. The molecule has 1 heterocycles. The Balaban J connectivity index is 0.000000761. The highest BCUT2D eigenvalue weighted by Crippen LogP contribution is 2.24. The number of aromatic nitrogens is 1. The lowest BCUT2D eigenvalue weighted by Crippen LogP contribution is -2.19. The second kappa shape index (κ2) is 32.5. The van der Waals surface area contributed by atoms with Crippen LogP contribution in [0.25, 0.3) is 0 Å². The van der Waals surface area contributed by atoms with Crippen LogP contribution in [0.3, 0.4) is 0 Å². The van der Waals surface area contributed by atoms with E-state index in [1.54, 1.807) is 50.5 Å². The van der Waals surface area contributed by atoms with Gasteiger partial charge in [0.25, 0.3) is 0 Å². The molecule has 0 bridgehead atoms. The molecule has 368 valence electrons. The SMILES string of the molecule is CC(C)(F)F.Cc1c(Cl)cccc1Cl.Cc1cccc(C)c1C.Cc1cccc(F)c1C.Cc1ccccc1.Cc1ccccc1C.Cc1ccccc1OC(C)(F)F.Cc1cncc(Cl)c1C. The van der Waals surface area contributed by atoms with Crippen molar-refractivity contribution in [2.45, 2.75) is 116 Å². The minimum Gasteiger partial charge on any atom is -0.433 e. The van der Waals surface area contributed by atoms with Crippen molar-refractivity contribution in [3.63, 3.8) is 0 Å². The Hall–Kier alpha value is -5.21. The van der Waals surface area contributed by atoms with E-state index < -0.39 is 12.0 Å². The molecule has 0 atom stereocenters. The Morgan fingerprint density at radius 3 is 1.09 bits per heavy atom. The first-order valence-electron chi connectivity index (χ1n) is 21.8. The predicted octanol–water partition coefficient (Wildman–Crippen LogP) is 19.7. The first-order chi connectivity index (χ1) is 31.5. The maximum atomic E-state index is 12.6. The van der Waals surface area contributed by atoms with Crippen molar-refractivity contribution >= 4 is 34.8 Å². The number of para-hydroxylation sites is 1. The van der Waals surface area contributed by atoms with Gasteiger partial charge in [0.2, 0.25) is 5.92 Å². The van der Waals surface area contributed by atoms with Crippen LogP contribution in [0.1, 0.15) is 87.5 Å². The van der Waals surface area contributed by atoms with Crippen molar-refractivity contribution in [1.29, 1.82) is 0 Å². The standard InChI is InChI=1S/C9H10F2O.C9H12.C8H9F.C8H10.C7H6Cl2.C7H8ClN.C7H8.C3H6F2/c1-7-5-3-4-6-8(7)12-9(2,10)11;1-7-5-4-6-8(2)9(7)3;1-6-4-3-5-8(9)7(6)2;1-7-5-3-4-6-8(7)2;1-5-6(8)3-2-4-7(5)9;1-5-3-9-4-7(8)6(5)2;1-7-5-3-2-4-6-7;1-3(2,4)5/h3-6H,1-2H3;4-6H,1-3H3;3-5H,1-2H3;3-6H,1-2H3;2-4H,1H3;3-4H,1-2H3;2-6H,1H3;1-2H3. The zero-order valence-corrected chi connectivity index (χ0v) is 44.5. The smallest absolute Gasteiger partial charge is 0.394 e. The Bertz CT molecular complexity index is 2200. The van der Waals surface area contributed by atoms with Crippen LogP contribution in [-0.2, 0) is 0 Å². The molecule has 10 heteroatoms. The average molecular weight is 998 g/mol. The molecule has 0 saturated heterocycles. The number of hydrogen-bond donors (Lipinski definition) is 0. The Labute approximate surface area is 419 Å². The first kappa shape index (κ1) is 62.8. The van der Waals surface area contributed by atoms with Crippen LogP contribution >= 0.6 is 34.8 Å². The molecule has 0 aliphatic carbocycles. The van der Waals surface area contributed by atoms with Gasteiger partial charge in [0.15, 0.2) is 0 Å². The number of ether oxygens (including phenoxy) is 1. The van der Waals surface area contributed by atoms with Crippen LogP contribution in [0.15, 0.2) is 146 Å². The minimum atomic E-state index is -3.11. The molecule has 0 saturated carbocycles. The van der Waals surface area contributed by atoms with E-state index in [0.29, 0.717) is 5.56 Å². The quantitative estimate of drug-likeness (QED) is 0.161. The molecule has 7 aromatic rings. The van der Waals surface area contributed by atoms with Crippen LogP contribution in [0.4, 0.5) is 22.0 Å². The molecule has 0 spiro atoms. The summed E-state index contributed by atoms with van der Waals surface area (Å²) in [4.78, 5) is 3.91. The highest BCUT2D eigenvalue weighted by atomic mass is 35.5. The van der Waals surface area contributed by atoms with Gasteiger partial charge >= 0.3 is 6.11 Å². The van der Waals surface area contributed by atoms with E-state index in [-0.39, 0.29) is 11.6 Å². The minimum absolute atomic E-state index is 0.116. The van der Waals surface area contributed by atoms with Gasteiger partial charge in [0.1, 0.15) is 11.6 Å². The molecular weight excluding hydrogens is 928 g/mol. The molecule has 2 nitrogen and oxygen atoms in total. The number of aryl methyl sites for hydroxylation is 8. The van der Waals surface area contributed by atoms with Crippen molar-refractivity contribution in [2.24, 2.45) is 0 Å². The summed E-state index contributed by atoms with van der Waals surface area (Å²) in [6.07, 6.45) is 0.358. The summed E-state index contributed by atoms with van der Waals surface area (Å²) in [6.45, 7) is 26.5. The van der Waals surface area contributed by atoms with Gasteiger partial charge in [-0.2, -0.15) is 8.78 Å². The zero-order valence-electron chi connectivity index (χ0n) is 42.2. The largest absolute Gasteiger partial charge is 0.433 e. The highest BCUT2D eigenvalue weighted by Gasteiger charge is 2.23. The van der Waals surface area contributed by atoms with E-state index in [1.807, 2.05) is 70.2 Å². The fraction of sp³-hybridized carbons (Fsp3) is 0.293. The number of alkyl halides is 4. The second-order valence-corrected chi connectivity index (χ2v) is 17.6. The van der Waals surface area contributed by atoms with E-state index in [0.717, 1.165) is 63.7 Å². The topological polar surface area (TPSA) is 22.1 Å². The molecule has 0 amide bonds. The number of benzene rings is 6. The van der Waals surface area contributed by atoms with E-state index in [1.165, 1.54) is 45.5 Å². The third-order valence-corrected chi connectivity index (χ3v) is 11.0. The summed E-state index contributed by atoms with van der Waals surface area (Å²) < 4.78 is 63.8. The zero-order chi connectivity index (χ0) is 52.2. The third-order valence-electron chi connectivity index (χ3n) is 9.77. The molecule has 6 aromatic carbocycles. The number of rotatable bonds is 2. The van der Waals surface area contributed by atoms with Gasteiger partial charge in [-0.15, -0.1) is 0 Å². The van der Waals surface area contributed by atoms with Gasteiger partial charge in [-0.05, 0) is 182 Å². The van der Waals surface area contributed by atoms with Crippen molar-refractivity contribution < 1.29 is 26.7 Å². The van der Waals surface area contributed by atoms with Gasteiger partial charge in [0.05, 0.1) is 5.02 Å². The Morgan fingerprint density at radius 2 is 0.765 bits per heavy atom.